The molecular weight excluding hydrogens is 1500 g/mol. The minimum Gasteiger partial charge on any atom is -0.391 e. The fourth-order valence-corrected chi connectivity index (χ4v) is 18.4. The van der Waals surface area contributed by atoms with Gasteiger partial charge < -0.3 is 40.9 Å². The van der Waals surface area contributed by atoms with Crippen molar-refractivity contribution in [2.75, 3.05) is 94.6 Å². The molecule has 590 valence electrons. The van der Waals surface area contributed by atoms with Crippen molar-refractivity contribution in [3.8, 4) is 10.4 Å². The van der Waals surface area contributed by atoms with Crippen molar-refractivity contribution in [2.24, 2.45) is 10.8 Å². The Bertz CT molecular complexity index is 4370. The maximum atomic E-state index is 14.4. The zero-order chi connectivity index (χ0) is 78.3. The number of aliphatic hydroxyl groups excluding tert-OH is 1. The van der Waals surface area contributed by atoms with Crippen LogP contribution in [-0.2, 0) is 43.8 Å². The van der Waals surface area contributed by atoms with Gasteiger partial charge in [0, 0.05) is 111 Å². The number of sulfone groups is 1. The molecule has 1 aliphatic carbocycles. The zero-order valence-corrected chi connectivity index (χ0v) is 66.8. The molecule has 21 nitrogen and oxygen atoms in total. The van der Waals surface area contributed by atoms with Gasteiger partial charge in [-0.05, 0) is 147 Å². The number of β-amino-alcohol motifs (C(OH)–C–C–N with tert-alkyl or cyclic N) is 1. The van der Waals surface area contributed by atoms with Crippen LogP contribution in [0.4, 0.5) is 24.5 Å². The van der Waals surface area contributed by atoms with Gasteiger partial charge in [0.15, 0.2) is 0 Å². The summed E-state index contributed by atoms with van der Waals surface area (Å²) in [6.07, 6.45) is 7.88. The number of aromatic nitrogens is 1. The number of unbranched alkanes of at least 4 members (excludes halogenated alkanes) is 6. The lowest BCUT2D eigenvalue weighted by molar-refractivity contribution is -0.144. The number of alkyl halides is 3. The maximum Gasteiger partial charge on any atom is 0.501 e. The number of morpholine rings is 1. The van der Waals surface area contributed by atoms with Crippen LogP contribution in [0.2, 0.25) is 5.02 Å². The molecule has 6 atom stereocenters. The number of allylic oxidation sites excluding steroid dienone is 1. The van der Waals surface area contributed by atoms with Crippen molar-refractivity contribution >= 4 is 101 Å². The number of hydrogen-bond donors (Lipinski definition) is 6. The van der Waals surface area contributed by atoms with Gasteiger partial charge in [-0.25, -0.2) is 26.5 Å². The van der Waals surface area contributed by atoms with Crippen molar-refractivity contribution < 1.29 is 63.8 Å². The van der Waals surface area contributed by atoms with Crippen LogP contribution in [-0.4, -0.2) is 185 Å². The number of rotatable bonds is 33. The summed E-state index contributed by atoms with van der Waals surface area (Å²) >= 11 is 9.35. The molecule has 0 saturated carbocycles. The first-order chi connectivity index (χ1) is 51.8. The first kappa shape index (κ1) is 84.0. The zero-order valence-electron chi connectivity index (χ0n) is 62.8. The molecule has 3 fully saturated rings. The number of thioether (sulfide) groups is 1. The average molecular weight is 1600 g/mol. The number of amides is 5. The minimum atomic E-state index is -6.11. The van der Waals surface area contributed by atoms with Gasteiger partial charge in [0.25, 0.3) is 25.8 Å². The summed E-state index contributed by atoms with van der Waals surface area (Å²) in [4.78, 5) is 81.5. The Balaban J connectivity index is 0.658. The van der Waals surface area contributed by atoms with E-state index >= 15 is 0 Å². The van der Waals surface area contributed by atoms with Gasteiger partial charge in [0.05, 0.1) is 57.4 Å². The molecule has 4 heterocycles. The Morgan fingerprint density at radius 2 is 1.46 bits per heavy atom. The molecule has 6 aromatic rings. The van der Waals surface area contributed by atoms with Crippen LogP contribution >= 0.6 is 34.7 Å². The van der Waals surface area contributed by atoms with Crippen LogP contribution < -0.4 is 30.9 Å². The van der Waals surface area contributed by atoms with Crippen LogP contribution in [0.15, 0.2) is 147 Å². The van der Waals surface area contributed by atoms with Crippen LogP contribution in [0, 0.1) is 17.8 Å². The van der Waals surface area contributed by atoms with E-state index < -0.39 is 87.7 Å². The van der Waals surface area contributed by atoms with Crippen LogP contribution in [0.1, 0.15) is 151 Å². The number of nitrogens with zero attached hydrogens (tertiary/aromatic N) is 5. The van der Waals surface area contributed by atoms with E-state index in [1.165, 1.54) is 39.9 Å². The highest BCUT2D eigenvalue weighted by molar-refractivity contribution is 7.99. The number of piperazine rings is 1. The summed E-state index contributed by atoms with van der Waals surface area (Å²) in [5.41, 5.74) is 1.30. The molecular formula is C80H102ClF3N10O11S4. The Morgan fingerprint density at radius 1 is 0.798 bits per heavy atom. The van der Waals surface area contributed by atoms with Crippen molar-refractivity contribution in [1.29, 1.82) is 0 Å². The monoisotopic (exact) mass is 1600 g/mol. The summed E-state index contributed by atoms with van der Waals surface area (Å²) in [6, 6.07) is 31.0. The molecule has 2 unspecified atom stereocenters. The number of likely N-dealkylation sites (tertiary alicyclic amines) is 1. The predicted octanol–water partition coefficient (Wildman–Crippen LogP) is 12.9. The van der Waals surface area contributed by atoms with Crippen molar-refractivity contribution in [3.63, 3.8) is 0 Å². The number of aryl methyl sites for hydroxylation is 1. The second-order valence-electron chi connectivity index (χ2n) is 30.2. The van der Waals surface area contributed by atoms with E-state index in [9.17, 15) is 59.1 Å². The maximum absolute atomic E-state index is 14.4. The highest BCUT2D eigenvalue weighted by Crippen LogP contribution is 2.44. The van der Waals surface area contributed by atoms with Crippen LogP contribution in [0.3, 0.4) is 0 Å². The van der Waals surface area contributed by atoms with Gasteiger partial charge in [-0.15, -0.1) is 23.1 Å². The van der Waals surface area contributed by atoms with Crippen LogP contribution in [0.5, 0.6) is 0 Å². The third kappa shape index (κ3) is 22.7. The quantitative estimate of drug-likeness (QED) is 0.0165. The highest BCUT2D eigenvalue weighted by atomic mass is 35.5. The average Bonchev–Trinajstić information content (AvgIpc) is 1.41. The minimum absolute atomic E-state index is 0.0125. The molecule has 109 heavy (non-hydrogen) atoms. The number of carbonyl (C=O) groups is 5. The second kappa shape index (κ2) is 37.7. The van der Waals surface area contributed by atoms with Gasteiger partial charge in [-0.3, -0.25) is 33.8 Å². The Hall–Kier alpha value is -7.41. The first-order valence-corrected chi connectivity index (χ1v) is 42.7. The summed E-state index contributed by atoms with van der Waals surface area (Å²) in [5, 5.41) is 23.7. The number of halogens is 4. The number of aliphatic hydroxyl groups is 1. The van der Waals surface area contributed by atoms with Gasteiger partial charge >= 0.3 is 5.51 Å². The molecule has 6 N–H and O–H groups in total. The lowest BCUT2D eigenvalue weighted by Gasteiger charge is -2.40. The first-order valence-electron chi connectivity index (χ1n) is 37.5. The highest BCUT2D eigenvalue weighted by Gasteiger charge is 2.49. The molecule has 1 aromatic heterocycles. The summed E-state index contributed by atoms with van der Waals surface area (Å²) in [7, 11) is -11.0. The molecule has 3 aliphatic heterocycles. The standard InChI is InChI=1S/C80H102ClF3N10O11S4/c1-54(56-20-22-58(23-21-56)72-55(2)86-53-107-72)87-75(98)69-47-64(95)51-94(69)76(99)73(78(3,4)5)89-71(96)19-15-10-8-7-9-11-16-37-85-77(100)79(6)36-34-67(57-24-28-61(81)29-25-57)60(49-79)50-92-39-41-93(42-40-92)63-30-26-59(27-31-63)74(97)90-109(103,104)66-32-33-68(70(48-66)108(101,102)80(82,83)84)88-62(35-38-91-43-45-105-46-44-91)52-106-65-17-13-12-14-18-65/h12-14,17-18,20-33,48,53-54,62,64,69,73,88,95H,7-11,15-16,19,34-47,49-52H2,1-6H3,(H,85,100)(H,87,98)(H,89,96)(H,90,97)/t54-,62?,64+,69-,73+,79?/m0/s1. The summed E-state index contributed by atoms with van der Waals surface area (Å²) in [6.45, 7) is 18.1. The Morgan fingerprint density at radius 3 is 2.11 bits per heavy atom. The number of ether oxygens (including phenoxy) is 1. The number of thiazole rings is 1. The number of sulfonamides is 1. The normalized spacial score (nSPS) is 19.3. The van der Waals surface area contributed by atoms with E-state index in [4.69, 9.17) is 16.3 Å². The largest absolute Gasteiger partial charge is 0.501 e. The Kier molecular flexibility index (Phi) is 29.1. The van der Waals surface area contributed by atoms with E-state index in [-0.39, 0.29) is 48.7 Å². The van der Waals surface area contributed by atoms with Gasteiger partial charge in [-0.2, -0.15) is 13.2 Å². The van der Waals surface area contributed by atoms with Crippen molar-refractivity contribution in [3.05, 3.63) is 160 Å². The van der Waals surface area contributed by atoms with Gasteiger partial charge in [-0.1, -0.05) is 132 Å². The van der Waals surface area contributed by atoms with E-state index in [2.05, 4.69) is 41.0 Å². The molecule has 5 amide bonds. The molecule has 0 radical (unpaired) electrons. The molecule has 29 heteroatoms. The topological polar surface area (TPSA) is 269 Å². The van der Waals surface area contributed by atoms with Crippen LogP contribution in [0.25, 0.3) is 16.0 Å². The number of benzene rings is 5. The fourth-order valence-electron chi connectivity index (χ4n) is 14.5. The van der Waals surface area contributed by atoms with E-state index in [1.54, 1.807) is 23.5 Å². The third-order valence-electron chi connectivity index (χ3n) is 20.9. The summed E-state index contributed by atoms with van der Waals surface area (Å²) in [5.74, 6) is -1.73. The Labute approximate surface area is 652 Å². The van der Waals surface area contributed by atoms with E-state index in [0.717, 1.165) is 88.5 Å². The lowest BCUT2D eigenvalue weighted by Crippen LogP contribution is -2.57. The molecule has 0 bridgehead atoms. The lowest BCUT2D eigenvalue weighted by atomic mass is 9.70. The van der Waals surface area contributed by atoms with Crippen molar-refractivity contribution in [1.82, 2.24) is 40.4 Å². The molecule has 4 aliphatic rings. The fraction of sp³-hybridized carbons (Fsp3) is 0.500. The number of nitrogens with one attached hydrogen (secondary N) is 5. The molecule has 10 rings (SSSR count). The molecule has 5 aromatic carbocycles. The summed E-state index contributed by atoms with van der Waals surface area (Å²) < 4.78 is 105. The van der Waals surface area contributed by atoms with Crippen molar-refractivity contribution in [2.45, 2.75) is 175 Å². The van der Waals surface area contributed by atoms with E-state index in [1.807, 2.05) is 131 Å². The number of carbonyl (C=O) groups excluding carboxylic acids is 5. The molecule has 3 saturated heterocycles. The second-order valence-corrected chi connectivity index (χ2v) is 36.2. The SMILES string of the molecule is Cc1ncsc1-c1ccc([C@H](C)NC(=O)[C@@H]2C[C@@H](O)CN2C(=O)[C@@H](NC(=O)CCCCCCCCCNC(=O)C2(C)CCC(c3ccc(Cl)cc3)=C(CN3CCN(c4ccc(C(=O)NS(=O)(=O)c5ccc(NC(CCN6CCOCC6)CSc6ccccc6)c(S(=O)(=O)C(F)(F)F)c5)cc4)CC3)C2)C(C)(C)C)cc1. The third-order valence-corrected chi connectivity index (χ3v) is 26.2. The number of anilines is 2. The molecule has 0 spiro atoms. The predicted molar refractivity (Wildman–Crippen MR) is 423 cm³/mol. The van der Waals surface area contributed by atoms with E-state index in [0.29, 0.717) is 121 Å². The number of hydrogen-bond acceptors (Lipinski definition) is 18. The smallest absolute Gasteiger partial charge is 0.391 e. The van der Waals surface area contributed by atoms with Gasteiger partial charge in [0.2, 0.25) is 23.6 Å². The van der Waals surface area contributed by atoms with Gasteiger partial charge in [0.1, 0.15) is 17.0 Å².